The van der Waals surface area contributed by atoms with Crippen molar-refractivity contribution in [2.75, 3.05) is 26.3 Å². The lowest BCUT2D eigenvalue weighted by Crippen LogP contribution is -2.36. The van der Waals surface area contributed by atoms with E-state index in [0.717, 1.165) is 55.4 Å². The highest BCUT2D eigenvalue weighted by Gasteiger charge is 2.18. The van der Waals surface area contributed by atoms with E-state index in [2.05, 4.69) is 32.7 Å². The van der Waals surface area contributed by atoms with Crippen molar-refractivity contribution in [1.82, 2.24) is 25.2 Å². The summed E-state index contributed by atoms with van der Waals surface area (Å²) in [7, 11) is 0. The summed E-state index contributed by atoms with van der Waals surface area (Å²) in [5, 5.41) is 11.3. The Bertz CT molecular complexity index is 1020. The number of rotatable bonds is 6. The number of nitrogens with zero attached hydrogens (tertiary/aromatic N) is 4. The van der Waals surface area contributed by atoms with Gasteiger partial charge in [-0.3, -0.25) is 9.69 Å². The van der Waals surface area contributed by atoms with Gasteiger partial charge in [0.2, 0.25) is 0 Å². The number of aromatic nitrogens is 3. The normalized spacial score (nSPS) is 14.6. The maximum atomic E-state index is 12.8. The van der Waals surface area contributed by atoms with Crippen molar-refractivity contribution in [1.29, 1.82) is 0 Å². The number of hydrogen-bond donors (Lipinski definition) is 1. The third-order valence-corrected chi connectivity index (χ3v) is 5.41. The second-order valence-corrected chi connectivity index (χ2v) is 7.61. The first-order valence-electron chi connectivity index (χ1n) is 10.3. The Morgan fingerprint density at radius 3 is 2.60 bits per heavy atom. The Morgan fingerprint density at radius 2 is 1.83 bits per heavy atom. The first-order valence-corrected chi connectivity index (χ1v) is 10.3. The molecule has 156 valence electrons. The van der Waals surface area contributed by atoms with Crippen LogP contribution in [-0.4, -0.2) is 52.1 Å². The Morgan fingerprint density at radius 1 is 1.07 bits per heavy atom. The minimum absolute atomic E-state index is 0.215. The van der Waals surface area contributed by atoms with Crippen molar-refractivity contribution in [3.8, 4) is 5.69 Å². The molecular formula is C23H27N5O2. The van der Waals surface area contributed by atoms with Crippen molar-refractivity contribution in [3.05, 3.63) is 76.6 Å². The van der Waals surface area contributed by atoms with Gasteiger partial charge in [0.05, 0.1) is 24.6 Å². The van der Waals surface area contributed by atoms with Gasteiger partial charge in [-0.25, -0.2) is 4.68 Å². The Labute approximate surface area is 176 Å². The lowest BCUT2D eigenvalue weighted by Gasteiger charge is -2.27. The highest BCUT2D eigenvalue weighted by atomic mass is 16.5. The van der Waals surface area contributed by atoms with E-state index in [-0.39, 0.29) is 5.91 Å². The van der Waals surface area contributed by atoms with Crippen LogP contribution in [0.15, 0.2) is 48.5 Å². The minimum atomic E-state index is -0.215. The van der Waals surface area contributed by atoms with E-state index in [1.54, 1.807) is 4.68 Å². The zero-order valence-electron chi connectivity index (χ0n) is 17.5. The average Bonchev–Trinajstić information content (AvgIpc) is 3.15. The van der Waals surface area contributed by atoms with Gasteiger partial charge in [-0.2, -0.15) is 0 Å². The van der Waals surface area contributed by atoms with Gasteiger partial charge < -0.3 is 10.1 Å². The molecular weight excluding hydrogens is 378 g/mol. The number of carbonyl (C=O) groups is 1. The third-order valence-electron chi connectivity index (χ3n) is 5.41. The molecule has 2 heterocycles. The fourth-order valence-corrected chi connectivity index (χ4v) is 3.69. The van der Waals surface area contributed by atoms with Crippen molar-refractivity contribution in [2.45, 2.75) is 26.9 Å². The highest BCUT2D eigenvalue weighted by molar-refractivity contribution is 5.93. The molecule has 0 bridgehead atoms. The Kier molecular flexibility index (Phi) is 6.21. The standard InChI is InChI=1S/C23H27N5O2/c1-17-6-5-9-21(14-17)28-18(2)22(25-26-28)23(29)24-15-19-7-3-4-8-20(19)16-27-10-12-30-13-11-27/h3-9,14H,10-13,15-16H2,1-2H3,(H,24,29). The summed E-state index contributed by atoms with van der Waals surface area (Å²) in [6.07, 6.45) is 0. The van der Waals surface area contributed by atoms with Crippen molar-refractivity contribution in [3.63, 3.8) is 0 Å². The number of morpholine rings is 1. The second-order valence-electron chi connectivity index (χ2n) is 7.61. The molecule has 0 saturated carbocycles. The van der Waals surface area contributed by atoms with E-state index < -0.39 is 0 Å². The molecule has 1 aliphatic heterocycles. The van der Waals surface area contributed by atoms with Crippen molar-refractivity contribution < 1.29 is 9.53 Å². The van der Waals surface area contributed by atoms with Crippen LogP contribution < -0.4 is 5.32 Å². The molecule has 1 saturated heterocycles. The number of ether oxygens (including phenoxy) is 1. The number of amides is 1. The van der Waals surface area contributed by atoms with E-state index in [4.69, 9.17) is 4.74 Å². The monoisotopic (exact) mass is 405 g/mol. The quantitative estimate of drug-likeness (QED) is 0.683. The molecule has 0 unspecified atom stereocenters. The fourth-order valence-electron chi connectivity index (χ4n) is 3.69. The van der Waals surface area contributed by atoms with E-state index >= 15 is 0 Å². The predicted molar refractivity (Wildman–Crippen MR) is 115 cm³/mol. The van der Waals surface area contributed by atoms with E-state index in [1.165, 1.54) is 5.56 Å². The number of carbonyl (C=O) groups excluding carboxylic acids is 1. The summed E-state index contributed by atoms with van der Waals surface area (Å²) in [6.45, 7) is 8.61. The minimum Gasteiger partial charge on any atom is -0.379 e. The summed E-state index contributed by atoms with van der Waals surface area (Å²) < 4.78 is 7.14. The van der Waals surface area contributed by atoms with Crippen LogP contribution >= 0.6 is 0 Å². The van der Waals surface area contributed by atoms with Gasteiger partial charge in [0.25, 0.3) is 5.91 Å². The smallest absolute Gasteiger partial charge is 0.274 e. The first-order chi connectivity index (χ1) is 14.6. The van der Waals surface area contributed by atoms with Gasteiger partial charge in [-0.05, 0) is 42.7 Å². The van der Waals surface area contributed by atoms with Crippen LogP contribution in [0.5, 0.6) is 0 Å². The fraction of sp³-hybridized carbons (Fsp3) is 0.348. The molecule has 0 atom stereocenters. The van der Waals surface area contributed by atoms with Crippen molar-refractivity contribution in [2.24, 2.45) is 0 Å². The summed E-state index contributed by atoms with van der Waals surface area (Å²) >= 11 is 0. The number of benzene rings is 2. The van der Waals surface area contributed by atoms with Crippen LogP contribution in [0.3, 0.4) is 0 Å². The summed E-state index contributed by atoms with van der Waals surface area (Å²) in [5.41, 5.74) is 5.43. The van der Waals surface area contributed by atoms with E-state index in [9.17, 15) is 4.79 Å². The van der Waals surface area contributed by atoms with Gasteiger partial charge >= 0.3 is 0 Å². The molecule has 2 aromatic carbocycles. The first kappa shape index (κ1) is 20.3. The van der Waals surface area contributed by atoms with E-state index in [0.29, 0.717) is 12.2 Å². The number of hydrogen-bond acceptors (Lipinski definition) is 5. The molecule has 0 aliphatic carbocycles. The molecule has 1 amide bonds. The molecule has 0 radical (unpaired) electrons. The lowest BCUT2D eigenvalue weighted by molar-refractivity contribution is 0.0340. The molecule has 1 fully saturated rings. The van der Waals surface area contributed by atoms with Gasteiger partial charge in [0, 0.05) is 26.2 Å². The van der Waals surface area contributed by atoms with Gasteiger partial charge in [0.1, 0.15) is 0 Å². The molecule has 7 nitrogen and oxygen atoms in total. The molecule has 30 heavy (non-hydrogen) atoms. The number of nitrogens with one attached hydrogen (secondary N) is 1. The maximum Gasteiger partial charge on any atom is 0.274 e. The number of aryl methyl sites for hydroxylation is 1. The van der Waals surface area contributed by atoms with Crippen LogP contribution in [0.1, 0.15) is 32.9 Å². The zero-order chi connectivity index (χ0) is 20.9. The molecule has 1 aliphatic rings. The predicted octanol–water partition coefficient (Wildman–Crippen LogP) is 2.65. The van der Waals surface area contributed by atoms with Gasteiger partial charge in [-0.1, -0.05) is 41.6 Å². The zero-order valence-corrected chi connectivity index (χ0v) is 17.5. The molecule has 0 spiro atoms. The van der Waals surface area contributed by atoms with E-state index in [1.807, 2.05) is 50.2 Å². The summed E-state index contributed by atoms with van der Waals surface area (Å²) in [5.74, 6) is -0.215. The van der Waals surface area contributed by atoms with Gasteiger partial charge in [0.15, 0.2) is 5.69 Å². The van der Waals surface area contributed by atoms with Crippen molar-refractivity contribution >= 4 is 5.91 Å². The topological polar surface area (TPSA) is 72.3 Å². The molecule has 1 aromatic heterocycles. The molecule has 1 N–H and O–H groups in total. The Balaban J connectivity index is 1.44. The SMILES string of the molecule is Cc1cccc(-n2nnc(C(=O)NCc3ccccc3CN3CCOCC3)c2C)c1. The highest BCUT2D eigenvalue weighted by Crippen LogP contribution is 2.15. The maximum absolute atomic E-state index is 12.8. The summed E-state index contributed by atoms with van der Waals surface area (Å²) in [4.78, 5) is 15.2. The second kappa shape index (κ2) is 9.19. The largest absolute Gasteiger partial charge is 0.379 e. The molecule has 3 aromatic rings. The van der Waals surface area contributed by atoms with Crippen LogP contribution in [-0.2, 0) is 17.8 Å². The van der Waals surface area contributed by atoms with Crippen LogP contribution in [0, 0.1) is 13.8 Å². The molecule has 7 heteroatoms. The van der Waals surface area contributed by atoms with Gasteiger partial charge in [-0.15, -0.1) is 5.10 Å². The lowest BCUT2D eigenvalue weighted by atomic mass is 10.1. The summed E-state index contributed by atoms with van der Waals surface area (Å²) in [6, 6.07) is 16.2. The van der Waals surface area contributed by atoms with Crippen LogP contribution in [0.2, 0.25) is 0 Å². The average molecular weight is 406 g/mol. The molecule has 4 rings (SSSR count). The Hall–Kier alpha value is -3.03. The third kappa shape index (κ3) is 4.58. The van der Waals surface area contributed by atoms with Crippen LogP contribution in [0.25, 0.3) is 5.69 Å². The van der Waals surface area contributed by atoms with Crippen LogP contribution in [0.4, 0.5) is 0 Å².